The lowest BCUT2D eigenvalue weighted by Gasteiger charge is -2.08. The van der Waals surface area contributed by atoms with Gasteiger partial charge in [-0.1, -0.05) is 18.2 Å². The molecule has 0 aliphatic heterocycles. The highest BCUT2D eigenvalue weighted by molar-refractivity contribution is 9.10. The molecule has 0 fully saturated rings. The summed E-state index contributed by atoms with van der Waals surface area (Å²) in [5.74, 6) is 0.935. The molecule has 0 aliphatic rings. The Morgan fingerprint density at radius 3 is 2.53 bits per heavy atom. The number of anilines is 1. The van der Waals surface area contributed by atoms with Crippen molar-refractivity contribution in [3.8, 4) is 0 Å². The smallest absolute Gasteiger partial charge is 0.126 e. The van der Waals surface area contributed by atoms with Crippen LogP contribution < -0.4 is 5.32 Å². The second kappa shape index (κ2) is 6.20. The molecule has 0 spiro atoms. The minimum absolute atomic E-state index is 0.899. The number of halogens is 1. The van der Waals surface area contributed by atoms with Crippen molar-refractivity contribution in [1.82, 2.24) is 4.98 Å². The molecule has 0 bridgehead atoms. The van der Waals surface area contributed by atoms with Gasteiger partial charge in [0.05, 0.1) is 5.69 Å². The summed E-state index contributed by atoms with van der Waals surface area (Å²) in [6.07, 6.45) is 1.01. The second-order valence-corrected chi connectivity index (χ2v) is 5.71. The SMILES string of the molecule is Cc1ccc(CCNc2ccc(Br)c(C)n2)cc1C. The van der Waals surface area contributed by atoms with Crippen LogP contribution in [-0.2, 0) is 6.42 Å². The van der Waals surface area contributed by atoms with Crippen LogP contribution in [0.1, 0.15) is 22.4 Å². The van der Waals surface area contributed by atoms with E-state index in [0.717, 1.165) is 29.0 Å². The zero-order chi connectivity index (χ0) is 13.8. The van der Waals surface area contributed by atoms with Crippen molar-refractivity contribution >= 4 is 21.7 Å². The van der Waals surface area contributed by atoms with E-state index in [1.807, 2.05) is 19.1 Å². The molecule has 2 nitrogen and oxygen atoms in total. The van der Waals surface area contributed by atoms with Gasteiger partial charge in [-0.3, -0.25) is 0 Å². The van der Waals surface area contributed by atoms with Gasteiger partial charge in [-0.05, 0) is 71.9 Å². The maximum absolute atomic E-state index is 4.48. The van der Waals surface area contributed by atoms with E-state index >= 15 is 0 Å². The van der Waals surface area contributed by atoms with Gasteiger partial charge < -0.3 is 5.32 Å². The molecule has 0 unspecified atom stereocenters. The van der Waals surface area contributed by atoms with Crippen LogP contribution in [0.2, 0.25) is 0 Å². The molecule has 0 aliphatic carbocycles. The molecular weight excluding hydrogens is 300 g/mol. The molecule has 100 valence electrons. The minimum atomic E-state index is 0.899. The van der Waals surface area contributed by atoms with Crippen LogP contribution in [0, 0.1) is 20.8 Å². The van der Waals surface area contributed by atoms with E-state index in [4.69, 9.17) is 0 Å². The molecule has 2 aromatic rings. The van der Waals surface area contributed by atoms with Crippen molar-refractivity contribution in [3.63, 3.8) is 0 Å². The third kappa shape index (κ3) is 3.80. The fourth-order valence-corrected chi connectivity index (χ4v) is 2.16. The van der Waals surface area contributed by atoms with Crippen LogP contribution in [0.15, 0.2) is 34.8 Å². The van der Waals surface area contributed by atoms with E-state index in [1.165, 1.54) is 16.7 Å². The van der Waals surface area contributed by atoms with Crippen LogP contribution in [-0.4, -0.2) is 11.5 Å². The van der Waals surface area contributed by atoms with Crippen LogP contribution in [0.5, 0.6) is 0 Å². The highest BCUT2D eigenvalue weighted by atomic mass is 79.9. The largest absolute Gasteiger partial charge is 0.370 e. The Balaban J connectivity index is 1.92. The maximum atomic E-state index is 4.48. The summed E-state index contributed by atoms with van der Waals surface area (Å²) in [7, 11) is 0. The predicted octanol–water partition coefficient (Wildman–Crippen LogP) is 4.42. The van der Waals surface area contributed by atoms with Crippen molar-refractivity contribution in [2.75, 3.05) is 11.9 Å². The van der Waals surface area contributed by atoms with Gasteiger partial charge in [0.15, 0.2) is 0 Å². The molecular formula is C16H19BrN2. The van der Waals surface area contributed by atoms with E-state index in [9.17, 15) is 0 Å². The van der Waals surface area contributed by atoms with Crippen molar-refractivity contribution in [1.29, 1.82) is 0 Å². The lowest BCUT2D eigenvalue weighted by molar-refractivity contribution is 0.995. The van der Waals surface area contributed by atoms with Gasteiger partial charge in [0.25, 0.3) is 0 Å². The van der Waals surface area contributed by atoms with Crippen molar-refractivity contribution in [2.45, 2.75) is 27.2 Å². The van der Waals surface area contributed by atoms with Crippen molar-refractivity contribution < 1.29 is 0 Å². The Morgan fingerprint density at radius 2 is 1.84 bits per heavy atom. The second-order valence-electron chi connectivity index (χ2n) is 4.86. The molecule has 1 heterocycles. The monoisotopic (exact) mass is 318 g/mol. The summed E-state index contributed by atoms with van der Waals surface area (Å²) in [5, 5.41) is 3.36. The summed E-state index contributed by atoms with van der Waals surface area (Å²) in [6.45, 7) is 7.20. The Bertz CT molecular complexity index is 527. The molecule has 0 atom stereocenters. The molecule has 0 radical (unpaired) electrons. The van der Waals surface area contributed by atoms with Gasteiger partial charge in [-0.25, -0.2) is 4.98 Å². The number of nitrogens with zero attached hydrogens (tertiary/aromatic N) is 1. The third-order valence-electron chi connectivity index (χ3n) is 3.31. The molecule has 1 N–H and O–H groups in total. The quantitative estimate of drug-likeness (QED) is 0.902. The third-order valence-corrected chi connectivity index (χ3v) is 4.15. The van der Waals surface area contributed by atoms with Gasteiger partial charge in [-0.15, -0.1) is 0 Å². The molecule has 19 heavy (non-hydrogen) atoms. The fraction of sp³-hybridized carbons (Fsp3) is 0.312. The average Bonchev–Trinajstić information content (AvgIpc) is 2.38. The first kappa shape index (κ1) is 14.1. The van der Waals surface area contributed by atoms with Gasteiger partial charge in [0, 0.05) is 11.0 Å². The van der Waals surface area contributed by atoms with Crippen LogP contribution >= 0.6 is 15.9 Å². The summed E-state index contributed by atoms with van der Waals surface area (Å²) >= 11 is 3.46. The van der Waals surface area contributed by atoms with Crippen molar-refractivity contribution in [2.24, 2.45) is 0 Å². The average molecular weight is 319 g/mol. The fourth-order valence-electron chi connectivity index (χ4n) is 1.94. The number of hydrogen-bond acceptors (Lipinski definition) is 2. The first-order valence-corrected chi connectivity index (χ1v) is 7.29. The Morgan fingerprint density at radius 1 is 1.05 bits per heavy atom. The highest BCUT2D eigenvalue weighted by Gasteiger charge is 2.00. The molecule has 1 aromatic carbocycles. The normalized spacial score (nSPS) is 10.5. The number of aromatic nitrogens is 1. The number of benzene rings is 1. The van der Waals surface area contributed by atoms with Gasteiger partial charge >= 0.3 is 0 Å². The van der Waals surface area contributed by atoms with Gasteiger partial charge in [0.1, 0.15) is 5.82 Å². The summed E-state index contributed by atoms with van der Waals surface area (Å²) < 4.78 is 1.05. The van der Waals surface area contributed by atoms with E-state index in [2.05, 4.69) is 58.3 Å². The van der Waals surface area contributed by atoms with Crippen LogP contribution in [0.25, 0.3) is 0 Å². The molecule has 0 saturated heterocycles. The Hall–Kier alpha value is -1.35. The lowest BCUT2D eigenvalue weighted by atomic mass is 10.0. The van der Waals surface area contributed by atoms with E-state index < -0.39 is 0 Å². The summed E-state index contributed by atoms with van der Waals surface area (Å²) in [5.41, 5.74) is 5.08. The first-order chi connectivity index (χ1) is 9.06. The number of aryl methyl sites for hydroxylation is 3. The Kier molecular flexibility index (Phi) is 4.59. The highest BCUT2D eigenvalue weighted by Crippen LogP contribution is 2.16. The molecule has 0 amide bonds. The van der Waals surface area contributed by atoms with E-state index in [-0.39, 0.29) is 0 Å². The number of pyridine rings is 1. The summed E-state index contributed by atoms with van der Waals surface area (Å²) in [6, 6.07) is 10.7. The lowest BCUT2D eigenvalue weighted by Crippen LogP contribution is -2.07. The van der Waals surface area contributed by atoms with E-state index in [1.54, 1.807) is 0 Å². The molecule has 0 saturated carbocycles. The minimum Gasteiger partial charge on any atom is -0.370 e. The zero-order valence-corrected chi connectivity index (χ0v) is 13.2. The molecule has 3 heteroatoms. The van der Waals surface area contributed by atoms with Crippen LogP contribution in [0.4, 0.5) is 5.82 Å². The number of rotatable bonds is 4. The Labute approximate surface area is 123 Å². The summed E-state index contributed by atoms with van der Waals surface area (Å²) in [4.78, 5) is 4.48. The predicted molar refractivity (Wildman–Crippen MR) is 84.8 cm³/mol. The molecule has 2 rings (SSSR count). The zero-order valence-electron chi connectivity index (χ0n) is 11.6. The standard InChI is InChI=1S/C16H19BrN2/c1-11-4-5-14(10-12(11)2)8-9-18-16-7-6-15(17)13(3)19-16/h4-7,10H,8-9H2,1-3H3,(H,18,19). The first-order valence-electron chi connectivity index (χ1n) is 6.49. The molecule has 1 aromatic heterocycles. The van der Waals surface area contributed by atoms with Crippen molar-refractivity contribution in [3.05, 3.63) is 57.2 Å². The van der Waals surface area contributed by atoms with Gasteiger partial charge in [0.2, 0.25) is 0 Å². The maximum Gasteiger partial charge on any atom is 0.126 e. The van der Waals surface area contributed by atoms with Crippen LogP contribution in [0.3, 0.4) is 0 Å². The number of nitrogens with one attached hydrogen (secondary N) is 1. The van der Waals surface area contributed by atoms with E-state index in [0.29, 0.717) is 0 Å². The topological polar surface area (TPSA) is 24.9 Å². The number of hydrogen-bond donors (Lipinski definition) is 1. The van der Waals surface area contributed by atoms with Gasteiger partial charge in [-0.2, -0.15) is 0 Å².